The molecular formula is C12H20N2O2. The second-order valence-corrected chi connectivity index (χ2v) is 5.12. The maximum absolute atomic E-state index is 12.2. The molecule has 4 heteroatoms. The molecule has 2 rings (SSSR count). The van der Waals surface area contributed by atoms with Gasteiger partial charge in [-0.3, -0.25) is 9.59 Å². The summed E-state index contributed by atoms with van der Waals surface area (Å²) in [5, 5.41) is 2.78. The second kappa shape index (κ2) is 4.07. The van der Waals surface area contributed by atoms with Gasteiger partial charge in [-0.25, -0.2) is 0 Å². The van der Waals surface area contributed by atoms with Gasteiger partial charge >= 0.3 is 0 Å². The molecule has 1 N–H and O–H groups in total. The number of hydrogen-bond donors (Lipinski definition) is 1. The molecule has 1 aliphatic heterocycles. The quantitative estimate of drug-likeness (QED) is 0.758. The summed E-state index contributed by atoms with van der Waals surface area (Å²) in [6, 6.07) is -0.315. The summed E-state index contributed by atoms with van der Waals surface area (Å²) in [6.45, 7) is 5.94. The van der Waals surface area contributed by atoms with Crippen LogP contribution in [0, 0.1) is 5.92 Å². The minimum atomic E-state index is -0.306. The van der Waals surface area contributed by atoms with Crippen molar-refractivity contribution in [1.82, 2.24) is 10.2 Å². The molecule has 0 radical (unpaired) electrons. The molecule has 16 heavy (non-hydrogen) atoms. The van der Waals surface area contributed by atoms with Gasteiger partial charge < -0.3 is 10.2 Å². The zero-order chi connectivity index (χ0) is 11.9. The fourth-order valence-electron chi connectivity index (χ4n) is 2.71. The van der Waals surface area contributed by atoms with Gasteiger partial charge in [0.1, 0.15) is 12.1 Å². The second-order valence-electron chi connectivity index (χ2n) is 5.12. The van der Waals surface area contributed by atoms with E-state index < -0.39 is 0 Å². The first-order chi connectivity index (χ1) is 7.54. The predicted molar refractivity (Wildman–Crippen MR) is 60.7 cm³/mol. The van der Waals surface area contributed by atoms with E-state index in [1.807, 2.05) is 18.7 Å². The zero-order valence-electron chi connectivity index (χ0n) is 10.2. The van der Waals surface area contributed by atoms with Gasteiger partial charge in [-0.05, 0) is 32.1 Å². The number of amides is 2. The van der Waals surface area contributed by atoms with Gasteiger partial charge in [0.25, 0.3) is 0 Å². The van der Waals surface area contributed by atoms with E-state index in [0.717, 1.165) is 12.8 Å². The van der Waals surface area contributed by atoms with Crippen LogP contribution >= 0.6 is 0 Å². The summed E-state index contributed by atoms with van der Waals surface area (Å²) >= 11 is 0. The molecule has 2 unspecified atom stereocenters. The van der Waals surface area contributed by atoms with Crippen LogP contribution in [0.15, 0.2) is 0 Å². The molecule has 2 aliphatic rings. The summed E-state index contributed by atoms with van der Waals surface area (Å²) < 4.78 is 0. The Kier molecular flexibility index (Phi) is 2.91. The Bertz CT molecular complexity index is 310. The van der Waals surface area contributed by atoms with Gasteiger partial charge in [0.05, 0.1) is 0 Å². The largest absolute Gasteiger partial charge is 0.343 e. The van der Waals surface area contributed by atoms with Crippen molar-refractivity contribution in [3.8, 4) is 0 Å². The smallest absolute Gasteiger partial charge is 0.246 e. The van der Waals surface area contributed by atoms with Crippen molar-refractivity contribution < 1.29 is 9.59 Å². The van der Waals surface area contributed by atoms with Gasteiger partial charge in [-0.15, -0.1) is 0 Å². The number of nitrogens with zero attached hydrogens (tertiary/aromatic N) is 1. The van der Waals surface area contributed by atoms with Crippen LogP contribution in [0.25, 0.3) is 0 Å². The van der Waals surface area contributed by atoms with Gasteiger partial charge in [-0.2, -0.15) is 0 Å². The lowest BCUT2D eigenvalue weighted by atomic mass is 9.79. The third-order valence-corrected chi connectivity index (χ3v) is 3.82. The SMILES string of the molecule is CCC1NC(=O)C(C)N(C2CC(C)C2)C1=O. The number of piperazine rings is 1. The maximum atomic E-state index is 12.2. The molecule has 0 aromatic heterocycles. The van der Waals surface area contributed by atoms with E-state index in [4.69, 9.17) is 0 Å². The van der Waals surface area contributed by atoms with E-state index in [1.54, 1.807) is 0 Å². The molecular weight excluding hydrogens is 204 g/mol. The lowest BCUT2D eigenvalue weighted by Gasteiger charge is -2.47. The molecule has 0 aromatic rings. The highest BCUT2D eigenvalue weighted by Crippen LogP contribution is 2.33. The van der Waals surface area contributed by atoms with Crippen LogP contribution in [0.4, 0.5) is 0 Å². The summed E-state index contributed by atoms with van der Waals surface area (Å²) in [7, 11) is 0. The normalized spacial score (nSPS) is 39.3. The first kappa shape index (κ1) is 11.4. The maximum Gasteiger partial charge on any atom is 0.246 e. The van der Waals surface area contributed by atoms with Gasteiger partial charge in [0, 0.05) is 6.04 Å². The molecule has 0 spiro atoms. The first-order valence-corrected chi connectivity index (χ1v) is 6.17. The van der Waals surface area contributed by atoms with Crippen molar-refractivity contribution in [2.24, 2.45) is 5.92 Å². The Labute approximate surface area is 96.4 Å². The summed E-state index contributed by atoms with van der Waals surface area (Å²) in [5.74, 6) is 0.785. The first-order valence-electron chi connectivity index (χ1n) is 6.17. The van der Waals surface area contributed by atoms with Crippen LogP contribution in [-0.4, -0.2) is 34.8 Å². The van der Waals surface area contributed by atoms with Crippen LogP contribution in [0.2, 0.25) is 0 Å². The zero-order valence-corrected chi connectivity index (χ0v) is 10.2. The monoisotopic (exact) mass is 224 g/mol. The molecule has 4 nitrogen and oxygen atoms in total. The summed E-state index contributed by atoms with van der Waals surface area (Å²) in [4.78, 5) is 25.7. The Morgan fingerprint density at radius 2 is 1.94 bits per heavy atom. The average molecular weight is 224 g/mol. The van der Waals surface area contributed by atoms with Gasteiger partial charge in [0.2, 0.25) is 11.8 Å². The number of carbonyl (C=O) groups is 2. The van der Waals surface area contributed by atoms with Crippen molar-refractivity contribution in [2.45, 2.75) is 58.2 Å². The Morgan fingerprint density at radius 3 is 2.44 bits per heavy atom. The topological polar surface area (TPSA) is 49.4 Å². The average Bonchev–Trinajstić information content (AvgIpc) is 2.21. The van der Waals surface area contributed by atoms with Crippen LogP contribution in [0.1, 0.15) is 40.0 Å². The fourth-order valence-corrected chi connectivity index (χ4v) is 2.71. The number of nitrogens with one attached hydrogen (secondary N) is 1. The Morgan fingerprint density at radius 1 is 1.31 bits per heavy atom. The number of hydrogen-bond acceptors (Lipinski definition) is 2. The lowest BCUT2D eigenvalue weighted by molar-refractivity contribution is -0.154. The molecule has 1 aliphatic carbocycles. The highest BCUT2D eigenvalue weighted by atomic mass is 16.2. The Balaban J connectivity index is 2.13. The summed E-state index contributed by atoms with van der Waals surface area (Å²) in [6.07, 6.45) is 2.76. The molecule has 0 bridgehead atoms. The highest BCUT2D eigenvalue weighted by Gasteiger charge is 2.44. The van der Waals surface area contributed by atoms with Crippen LogP contribution in [0.5, 0.6) is 0 Å². The summed E-state index contributed by atoms with van der Waals surface area (Å²) in [5.41, 5.74) is 0. The van der Waals surface area contributed by atoms with E-state index in [0.29, 0.717) is 12.3 Å². The molecule has 1 saturated carbocycles. The van der Waals surface area contributed by atoms with Crippen molar-refractivity contribution in [2.75, 3.05) is 0 Å². The lowest BCUT2D eigenvalue weighted by Crippen LogP contribution is -2.66. The fraction of sp³-hybridized carbons (Fsp3) is 0.833. The molecule has 90 valence electrons. The van der Waals surface area contributed by atoms with Crippen LogP contribution in [0.3, 0.4) is 0 Å². The number of rotatable bonds is 2. The third-order valence-electron chi connectivity index (χ3n) is 3.82. The van der Waals surface area contributed by atoms with E-state index >= 15 is 0 Å². The molecule has 1 heterocycles. The van der Waals surface area contributed by atoms with E-state index in [2.05, 4.69) is 12.2 Å². The number of carbonyl (C=O) groups excluding carboxylic acids is 2. The molecule has 2 atom stereocenters. The molecule has 0 aromatic carbocycles. The molecule has 1 saturated heterocycles. The third kappa shape index (κ3) is 1.70. The minimum Gasteiger partial charge on any atom is -0.343 e. The van der Waals surface area contributed by atoms with E-state index in [9.17, 15) is 9.59 Å². The highest BCUT2D eigenvalue weighted by molar-refractivity contribution is 5.96. The minimum absolute atomic E-state index is 0.00833. The van der Waals surface area contributed by atoms with Crippen molar-refractivity contribution in [1.29, 1.82) is 0 Å². The van der Waals surface area contributed by atoms with Gasteiger partial charge in [-0.1, -0.05) is 13.8 Å². The van der Waals surface area contributed by atoms with Gasteiger partial charge in [0.15, 0.2) is 0 Å². The van der Waals surface area contributed by atoms with Crippen LogP contribution in [-0.2, 0) is 9.59 Å². The Hall–Kier alpha value is -1.06. The van der Waals surface area contributed by atoms with E-state index in [-0.39, 0.29) is 29.9 Å². The van der Waals surface area contributed by atoms with Crippen molar-refractivity contribution >= 4 is 11.8 Å². The predicted octanol–water partition coefficient (Wildman–Crippen LogP) is 0.910. The van der Waals surface area contributed by atoms with Crippen molar-refractivity contribution in [3.05, 3.63) is 0 Å². The molecule has 2 fully saturated rings. The van der Waals surface area contributed by atoms with Crippen molar-refractivity contribution in [3.63, 3.8) is 0 Å². The standard InChI is InChI=1S/C12H20N2O2/c1-4-10-12(16)14(8(3)11(15)13-10)9-5-7(2)6-9/h7-10H,4-6H2,1-3H3,(H,13,15). The van der Waals surface area contributed by atoms with Crippen LogP contribution < -0.4 is 5.32 Å². The molecule has 2 amide bonds. The van der Waals surface area contributed by atoms with E-state index in [1.165, 1.54) is 0 Å².